The van der Waals surface area contributed by atoms with Crippen molar-refractivity contribution in [3.05, 3.63) is 64.4 Å². The number of para-hydroxylation sites is 1. The number of hydrogen-bond donors (Lipinski definition) is 1. The molecule has 0 radical (unpaired) electrons. The van der Waals surface area contributed by atoms with Crippen LogP contribution in [0.4, 0.5) is 4.39 Å². The van der Waals surface area contributed by atoms with Gasteiger partial charge in [-0.2, -0.15) is 0 Å². The van der Waals surface area contributed by atoms with Crippen molar-refractivity contribution in [1.82, 2.24) is 10.2 Å². The van der Waals surface area contributed by atoms with Gasteiger partial charge in [0.2, 0.25) is 0 Å². The summed E-state index contributed by atoms with van der Waals surface area (Å²) < 4.78 is 20.1. The van der Waals surface area contributed by atoms with Crippen LogP contribution in [0.5, 0.6) is 5.75 Å². The van der Waals surface area contributed by atoms with Crippen LogP contribution in [0.1, 0.15) is 24.0 Å². The molecule has 0 spiro atoms. The van der Waals surface area contributed by atoms with Gasteiger partial charge in [-0.3, -0.25) is 4.90 Å². The smallest absolute Gasteiger partial charge is 0.131 e. The van der Waals surface area contributed by atoms with Gasteiger partial charge < -0.3 is 10.1 Å². The second kappa shape index (κ2) is 7.08. The summed E-state index contributed by atoms with van der Waals surface area (Å²) in [5.74, 6) is 2.10. The average Bonchev–Trinajstić information content (AvgIpc) is 3.35. The number of nitrogens with one attached hydrogen (secondary N) is 1. The lowest BCUT2D eigenvalue weighted by Crippen LogP contribution is -2.33. The fourth-order valence-corrected chi connectivity index (χ4v) is 5.65. The molecule has 142 valence electrons. The highest BCUT2D eigenvalue weighted by Crippen LogP contribution is 2.48. The Morgan fingerprint density at radius 1 is 1.04 bits per heavy atom. The van der Waals surface area contributed by atoms with Crippen LogP contribution in [0.25, 0.3) is 0 Å². The molecule has 0 aliphatic carbocycles. The molecular formula is C22H24ClFN2O. The van der Waals surface area contributed by atoms with Crippen molar-refractivity contribution in [2.45, 2.75) is 38.1 Å². The normalized spacial score (nSPS) is 29.3. The zero-order valence-electron chi connectivity index (χ0n) is 15.2. The molecule has 2 bridgehead atoms. The number of rotatable bonds is 5. The molecule has 1 N–H and O–H groups in total. The van der Waals surface area contributed by atoms with E-state index in [1.807, 2.05) is 12.1 Å². The van der Waals surface area contributed by atoms with Crippen LogP contribution < -0.4 is 10.1 Å². The van der Waals surface area contributed by atoms with Crippen LogP contribution in [0.3, 0.4) is 0 Å². The summed E-state index contributed by atoms with van der Waals surface area (Å²) in [5.41, 5.74) is 1.59. The van der Waals surface area contributed by atoms with Crippen molar-refractivity contribution in [1.29, 1.82) is 0 Å². The summed E-state index contributed by atoms with van der Waals surface area (Å²) >= 11 is 6.14. The number of ether oxygens (including phenoxy) is 1. The van der Waals surface area contributed by atoms with Crippen molar-refractivity contribution >= 4 is 11.6 Å². The summed E-state index contributed by atoms with van der Waals surface area (Å²) in [7, 11) is 0. The number of hydrogen-bond acceptors (Lipinski definition) is 3. The van der Waals surface area contributed by atoms with E-state index in [0.29, 0.717) is 22.7 Å². The number of fused-ring (bicyclic) bond motifs is 5. The topological polar surface area (TPSA) is 24.5 Å². The number of nitrogens with zero attached hydrogens (tertiary/aromatic N) is 1. The lowest BCUT2D eigenvalue weighted by atomic mass is 9.82. The maximum absolute atomic E-state index is 14.0. The minimum Gasteiger partial charge on any atom is -0.488 e. The fourth-order valence-electron chi connectivity index (χ4n) is 5.43. The standard InChI is InChI=1S/C22H24ClFN2O/c23-18-5-3-6-19(24)17(18)13-27-22-7-2-1-4-14(22)12-26-20-8-9-21(26)16-11-25-10-15(16)20/h1-7,15-16,20-21,25H,8-13H2/t15-,16+,20-,21+. The molecule has 3 nitrogen and oxygen atoms in total. The van der Waals surface area contributed by atoms with Crippen molar-refractivity contribution < 1.29 is 9.13 Å². The molecule has 0 amide bonds. The van der Waals surface area contributed by atoms with Crippen LogP contribution >= 0.6 is 11.6 Å². The van der Waals surface area contributed by atoms with E-state index in [0.717, 1.165) is 37.2 Å². The van der Waals surface area contributed by atoms with Gasteiger partial charge in [-0.1, -0.05) is 35.9 Å². The largest absolute Gasteiger partial charge is 0.488 e. The van der Waals surface area contributed by atoms with Gasteiger partial charge in [0.05, 0.1) is 5.02 Å². The Morgan fingerprint density at radius 3 is 2.52 bits per heavy atom. The lowest BCUT2D eigenvalue weighted by molar-refractivity contribution is 0.212. The van der Waals surface area contributed by atoms with Crippen LogP contribution in [-0.4, -0.2) is 30.1 Å². The number of halogens is 2. The first-order valence-electron chi connectivity index (χ1n) is 9.82. The second-order valence-corrected chi connectivity index (χ2v) is 8.37. The fraction of sp³-hybridized carbons (Fsp3) is 0.455. The first-order valence-corrected chi connectivity index (χ1v) is 10.2. The molecule has 3 aliphatic heterocycles. The molecule has 3 fully saturated rings. The summed E-state index contributed by atoms with van der Waals surface area (Å²) in [4.78, 5) is 2.69. The van der Waals surface area contributed by atoms with Crippen molar-refractivity contribution in [2.75, 3.05) is 13.1 Å². The number of benzene rings is 2. The summed E-state index contributed by atoms with van der Waals surface area (Å²) in [6, 6.07) is 14.2. The average molecular weight is 387 g/mol. The van der Waals surface area contributed by atoms with Crippen molar-refractivity contribution in [3.8, 4) is 5.75 Å². The van der Waals surface area contributed by atoms with Gasteiger partial charge in [-0.15, -0.1) is 0 Å². The minimum atomic E-state index is -0.321. The summed E-state index contributed by atoms with van der Waals surface area (Å²) in [6.45, 7) is 3.37. The highest BCUT2D eigenvalue weighted by molar-refractivity contribution is 6.31. The molecule has 3 saturated heterocycles. The molecule has 0 saturated carbocycles. The second-order valence-electron chi connectivity index (χ2n) is 7.97. The first kappa shape index (κ1) is 17.5. The summed E-state index contributed by atoms with van der Waals surface area (Å²) in [6.07, 6.45) is 2.61. The van der Waals surface area contributed by atoms with Gasteiger partial charge in [-0.25, -0.2) is 4.39 Å². The predicted octanol–water partition coefficient (Wildman–Crippen LogP) is 4.24. The van der Waals surface area contributed by atoms with E-state index < -0.39 is 0 Å². The van der Waals surface area contributed by atoms with Crippen molar-refractivity contribution in [2.24, 2.45) is 11.8 Å². The van der Waals surface area contributed by atoms with E-state index in [2.05, 4.69) is 22.3 Å². The van der Waals surface area contributed by atoms with Gasteiger partial charge in [0.25, 0.3) is 0 Å². The molecule has 3 aliphatic rings. The van der Waals surface area contributed by atoms with Gasteiger partial charge in [-0.05, 0) is 56.0 Å². The SMILES string of the molecule is Fc1cccc(Cl)c1COc1ccccc1CN1[C@@H]2CC[C@H]1[C@H]1CNC[C@H]12. The van der Waals surface area contributed by atoms with E-state index in [-0.39, 0.29) is 12.4 Å². The van der Waals surface area contributed by atoms with E-state index >= 15 is 0 Å². The molecule has 5 heteroatoms. The Morgan fingerprint density at radius 2 is 1.78 bits per heavy atom. The van der Waals surface area contributed by atoms with E-state index in [9.17, 15) is 4.39 Å². The van der Waals surface area contributed by atoms with E-state index in [1.54, 1.807) is 12.1 Å². The molecule has 5 rings (SSSR count). The molecule has 2 aromatic rings. The van der Waals surface area contributed by atoms with Gasteiger partial charge >= 0.3 is 0 Å². The van der Waals surface area contributed by atoms with E-state index in [1.165, 1.54) is 24.5 Å². The Balaban J connectivity index is 1.33. The molecule has 3 heterocycles. The Bertz CT molecular complexity index is 807. The van der Waals surface area contributed by atoms with Crippen LogP contribution in [0.15, 0.2) is 42.5 Å². The Labute approximate surface area is 164 Å². The highest BCUT2D eigenvalue weighted by atomic mass is 35.5. The highest BCUT2D eigenvalue weighted by Gasteiger charge is 2.54. The molecular weight excluding hydrogens is 363 g/mol. The maximum atomic E-state index is 14.0. The molecule has 2 aromatic carbocycles. The molecule has 27 heavy (non-hydrogen) atoms. The van der Waals surface area contributed by atoms with E-state index in [4.69, 9.17) is 16.3 Å². The van der Waals surface area contributed by atoms with Crippen LogP contribution in [0, 0.1) is 17.7 Å². The Hall–Kier alpha value is -1.62. The molecule has 4 atom stereocenters. The van der Waals surface area contributed by atoms with Gasteiger partial charge in [0.1, 0.15) is 18.2 Å². The minimum absolute atomic E-state index is 0.143. The van der Waals surface area contributed by atoms with Crippen LogP contribution in [0.2, 0.25) is 5.02 Å². The zero-order valence-corrected chi connectivity index (χ0v) is 16.0. The van der Waals surface area contributed by atoms with Crippen molar-refractivity contribution in [3.63, 3.8) is 0 Å². The summed E-state index contributed by atoms with van der Waals surface area (Å²) in [5, 5.41) is 3.98. The lowest BCUT2D eigenvalue weighted by Gasteiger charge is -2.25. The Kier molecular flexibility index (Phi) is 4.58. The first-order chi connectivity index (χ1) is 13.2. The van der Waals surface area contributed by atoms with Crippen LogP contribution in [-0.2, 0) is 13.2 Å². The monoisotopic (exact) mass is 386 g/mol. The zero-order chi connectivity index (χ0) is 18.4. The predicted molar refractivity (Wildman–Crippen MR) is 104 cm³/mol. The van der Waals surface area contributed by atoms with Gasteiger partial charge in [0, 0.05) is 29.8 Å². The maximum Gasteiger partial charge on any atom is 0.131 e. The third-order valence-electron chi connectivity index (χ3n) is 6.67. The quantitative estimate of drug-likeness (QED) is 0.831. The molecule has 0 unspecified atom stereocenters. The third kappa shape index (κ3) is 3.04. The van der Waals surface area contributed by atoms with Gasteiger partial charge in [0.15, 0.2) is 0 Å². The molecule has 0 aromatic heterocycles. The third-order valence-corrected chi connectivity index (χ3v) is 7.02.